The topological polar surface area (TPSA) is 64.6 Å². The highest BCUT2D eigenvalue weighted by atomic mass is 35.5. The van der Waals surface area contributed by atoms with Crippen LogP contribution in [0.5, 0.6) is 0 Å². The summed E-state index contributed by atoms with van der Waals surface area (Å²) in [5, 5.41) is 3.41. The molecule has 7 heteroatoms. The number of hydrogen-bond acceptors (Lipinski definition) is 5. The Bertz CT molecular complexity index is 797. The van der Waals surface area contributed by atoms with Gasteiger partial charge in [0.05, 0.1) is 19.8 Å². The number of nitrogens with one attached hydrogen (secondary N) is 1. The Morgan fingerprint density at radius 2 is 1.92 bits per heavy atom. The molecule has 138 valence electrons. The van der Waals surface area contributed by atoms with Crippen molar-refractivity contribution in [3.05, 3.63) is 70.0 Å². The first-order chi connectivity index (χ1) is 12.5. The Morgan fingerprint density at radius 1 is 1.15 bits per heavy atom. The van der Waals surface area contributed by atoms with E-state index in [0.29, 0.717) is 29.1 Å². The van der Waals surface area contributed by atoms with Crippen LogP contribution in [0.25, 0.3) is 0 Å². The molecule has 1 N–H and O–H groups in total. The van der Waals surface area contributed by atoms with Crippen LogP contribution >= 0.6 is 11.6 Å². The average Bonchev–Trinajstić information content (AvgIpc) is 2.65. The largest absolute Gasteiger partial charge is 0.468 e. The van der Waals surface area contributed by atoms with E-state index in [-0.39, 0.29) is 0 Å². The second-order valence-corrected chi connectivity index (χ2v) is 5.92. The van der Waals surface area contributed by atoms with Crippen molar-refractivity contribution in [2.45, 2.75) is 12.5 Å². The SMILES string of the molecule is COC(=O)c1cccc(C(NCCc2ccc(F)cc2Cl)C(=O)OC)c1. The molecule has 0 aliphatic rings. The number of carbonyl (C=O) groups is 2. The van der Waals surface area contributed by atoms with Crippen LogP contribution in [0.15, 0.2) is 42.5 Å². The summed E-state index contributed by atoms with van der Waals surface area (Å²) in [7, 11) is 2.58. The lowest BCUT2D eigenvalue weighted by molar-refractivity contribution is -0.143. The Hall–Kier alpha value is -2.44. The van der Waals surface area contributed by atoms with E-state index in [1.165, 1.54) is 26.4 Å². The highest BCUT2D eigenvalue weighted by Gasteiger charge is 2.22. The molecule has 0 bridgehead atoms. The van der Waals surface area contributed by atoms with E-state index in [4.69, 9.17) is 21.1 Å². The van der Waals surface area contributed by atoms with Gasteiger partial charge in [-0.2, -0.15) is 0 Å². The van der Waals surface area contributed by atoms with E-state index in [0.717, 1.165) is 5.56 Å². The molecule has 0 heterocycles. The fraction of sp³-hybridized carbons (Fsp3) is 0.263. The van der Waals surface area contributed by atoms with E-state index in [2.05, 4.69) is 5.32 Å². The number of rotatable bonds is 7. The van der Waals surface area contributed by atoms with E-state index in [1.807, 2.05) is 0 Å². The highest BCUT2D eigenvalue weighted by molar-refractivity contribution is 6.31. The fourth-order valence-corrected chi connectivity index (χ4v) is 2.76. The van der Waals surface area contributed by atoms with Crippen LogP contribution in [0.3, 0.4) is 0 Å². The molecule has 26 heavy (non-hydrogen) atoms. The molecule has 0 spiro atoms. The predicted molar refractivity (Wildman–Crippen MR) is 95.7 cm³/mol. The van der Waals surface area contributed by atoms with Crippen LogP contribution in [-0.2, 0) is 20.7 Å². The summed E-state index contributed by atoms with van der Waals surface area (Å²) in [6, 6.07) is 9.97. The van der Waals surface area contributed by atoms with Crippen LogP contribution in [-0.4, -0.2) is 32.7 Å². The summed E-state index contributed by atoms with van der Waals surface area (Å²) in [6.45, 7) is 0.396. The zero-order valence-electron chi connectivity index (χ0n) is 14.4. The minimum Gasteiger partial charge on any atom is -0.468 e. The maximum Gasteiger partial charge on any atom is 0.337 e. The minimum atomic E-state index is -0.760. The molecule has 1 unspecified atom stereocenters. The summed E-state index contributed by atoms with van der Waals surface area (Å²) in [5.41, 5.74) is 1.67. The lowest BCUT2D eigenvalue weighted by Gasteiger charge is -2.17. The molecular weight excluding hydrogens is 361 g/mol. The fourth-order valence-electron chi connectivity index (χ4n) is 2.49. The van der Waals surface area contributed by atoms with Gasteiger partial charge in [-0.05, 0) is 41.8 Å². The Morgan fingerprint density at radius 3 is 2.58 bits per heavy atom. The molecule has 0 saturated carbocycles. The van der Waals surface area contributed by atoms with Gasteiger partial charge in [-0.25, -0.2) is 14.0 Å². The van der Waals surface area contributed by atoms with Gasteiger partial charge in [0.25, 0.3) is 0 Å². The zero-order valence-corrected chi connectivity index (χ0v) is 15.2. The van der Waals surface area contributed by atoms with Crippen molar-refractivity contribution in [1.29, 1.82) is 0 Å². The van der Waals surface area contributed by atoms with Crippen molar-refractivity contribution < 1.29 is 23.5 Å². The maximum absolute atomic E-state index is 13.1. The Balaban J connectivity index is 2.13. The van der Waals surface area contributed by atoms with Gasteiger partial charge in [0.2, 0.25) is 0 Å². The first-order valence-corrected chi connectivity index (χ1v) is 8.27. The van der Waals surface area contributed by atoms with Crippen LogP contribution in [0, 0.1) is 5.82 Å². The number of benzene rings is 2. The van der Waals surface area contributed by atoms with E-state index >= 15 is 0 Å². The van der Waals surface area contributed by atoms with Crippen molar-refractivity contribution in [3.63, 3.8) is 0 Å². The van der Waals surface area contributed by atoms with Crippen LogP contribution in [0.4, 0.5) is 4.39 Å². The second kappa shape index (κ2) is 9.31. The van der Waals surface area contributed by atoms with E-state index < -0.39 is 23.8 Å². The molecule has 5 nitrogen and oxygen atoms in total. The summed E-state index contributed by atoms with van der Waals surface area (Å²) < 4.78 is 22.6. The third-order valence-electron chi connectivity index (χ3n) is 3.84. The summed E-state index contributed by atoms with van der Waals surface area (Å²) in [6.07, 6.45) is 0.489. The molecule has 0 saturated heterocycles. The maximum atomic E-state index is 13.1. The molecule has 0 fully saturated rings. The van der Waals surface area contributed by atoms with Gasteiger partial charge in [0.15, 0.2) is 0 Å². The lowest BCUT2D eigenvalue weighted by Crippen LogP contribution is -2.31. The van der Waals surface area contributed by atoms with Crippen molar-refractivity contribution in [2.75, 3.05) is 20.8 Å². The summed E-state index contributed by atoms with van der Waals surface area (Å²) >= 11 is 6.01. The second-order valence-electron chi connectivity index (χ2n) is 5.51. The quantitative estimate of drug-likeness (QED) is 0.748. The van der Waals surface area contributed by atoms with Crippen molar-refractivity contribution in [2.24, 2.45) is 0 Å². The monoisotopic (exact) mass is 379 g/mol. The third kappa shape index (κ3) is 5.03. The first-order valence-electron chi connectivity index (χ1n) is 7.89. The number of hydrogen-bond donors (Lipinski definition) is 1. The van der Waals surface area contributed by atoms with Crippen LogP contribution in [0.1, 0.15) is 27.5 Å². The smallest absolute Gasteiger partial charge is 0.337 e. The number of carbonyl (C=O) groups excluding carboxylic acids is 2. The molecule has 0 radical (unpaired) electrons. The average molecular weight is 380 g/mol. The first kappa shape index (κ1) is 19.9. The van der Waals surface area contributed by atoms with Gasteiger partial charge >= 0.3 is 11.9 Å². The molecule has 0 aromatic heterocycles. The summed E-state index contributed by atoms with van der Waals surface area (Å²) in [5.74, 6) is -1.38. The van der Waals surface area contributed by atoms with Crippen LogP contribution < -0.4 is 5.32 Å². The Labute approximate surface area is 156 Å². The molecular formula is C19H19ClFNO4. The lowest BCUT2D eigenvalue weighted by atomic mass is 10.0. The number of methoxy groups -OCH3 is 2. The number of halogens is 2. The van der Waals surface area contributed by atoms with Gasteiger partial charge in [-0.1, -0.05) is 29.8 Å². The van der Waals surface area contributed by atoms with Gasteiger partial charge in [-0.15, -0.1) is 0 Å². The Kier molecular flexibility index (Phi) is 7.12. The van der Waals surface area contributed by atoms with Crippen LogP contribution in [0.2, 0.25) is 5.02 Å². The van der Waals surface area contributed by atoms with E-state index in [9.17, 15) is 14.0 Å². The number of ether oxygens (including phenoxy) is 2. The van der Waals surface area contributed by atoms with Crippen molar-refractivity contribution in [1.82, 2.24) is 5.32 Å². The molecule has 2 aromatic rings. The number of esters is 2. The van der Waals surface area contributed by atoms with Gasteiger partial charge in [0.1, 0.15) is 11.9 Å². The van der Waals surface area contributed by atoms with Gasteiger partial charge in [-0.3, -0.25) is 0 Å². The summed E-state index contributed by atoms with van der Waals surface area (Å²) in [4.78, 5) is 23.8. The molecule has 0 aliphatic heterocycles. The molecule has 0 aliphatic carbocycles. The molecule has 2 rings (SSSR count). The molecule has 0 amide bonds. The third-order valence-corrected chi connectivity index (χ3v) is 4.19. The van der Waals surface area contributed by atoms with Gasteiger partial charge in [0, 0.05) is 11.6 Å². The standard InChI is InChI=1S/C19H19ClFNO4/c1-25-18(23)14-5-3-4-13(10-14)17(19(24)26-2)22-9-8-12-6-7-15(21)11-16(12)20/h3-7,10-11,17,22H,8-9H2,1-2H3. The highest BCUT2D eigenvalue weighted by Crippen LogP contribution is 2.19. The molecule has 1 atom stereocenters. The predicted octanol–water partition coefficient (Wildman–Crippen LogP) is 3.31. The minimum absolute atomic E-state index is 0.328. The van der Waals surface area contributed by atoms with Crippen molar-refractivity contribution >= 4 is 23.5 Å². The normalized spacial score (nSPS) is 11.7. The molecule has 2 aromatic carbocycles. The van der Waals surface area contributed by atoms with Crippen molar-refractivity contribution in [3.8, 4) is 0 Å². The van der Waals surface area contributed by atoms with E-state index in [1.54, 1.807) is 30.3 Å². The van der Waals surface area contributed by atoms with Gasteiger partial charge < -0.3 is 14.8 Å². The zero-order chi connectivity index (χ0) is 19.1.